The smallest absolute Gasteiger partial charge is 0.246 e. The van der Waals surface area contributed by atoms with Crippen molar-refractivity contribution >= 4 is 41.5 Å². The van der Waals surface area contributed by atoms with Crippen molar-refractivity contribution in [3.63, 3.8) is 0 Å². The Kier molecular flexibility index (Phi) is 12.8. The largest absolute Gasteiger partial charge is 0.357 e. The van der Waals surface area contributed by atoms with Crippen molar-refractivity contribution in [2.24, 2.45) is 4.99 Å². The van der Waals surface area contributed by atoms with Crippen molar-refractivity contribution in [3.8, 4) is 0 Å². The van der Waals surface area contributed by atoms with Gasteiger partial charge in [-0.3, -0.25) is 9.48 Å². The van der Waals surface area contributed by atoms with Gasteiger partial charge in [-0.2, -0.15) is 5.10 Å². The summed E-state index contributed by atoms with van der Waals surface area (Å²) in [4.78, 5) is 16.9. The van der Waals surface area contributed by atoms with E-state index in [9.17, 15) is 4.79 Å². The van der Waals surface area contributed by atoms with Crippen LogP contribution in [0.5, 0.6) is 0 Å². The Morgan fingerprint density at radius 2 is 2.07 bits per heavy atom. The van der Waals surface area contributed by atoms with Crippen molar-refractivity contribution in [1.29, 1.82) is 0 Å². The lowest BCUT2D eigenvalue weighted by Crippen LogP contribution is -2.42. The highest BCUT2D eigenvalue weighted by Gasteiger charge is 2.06. The number of unbranched alkanes of at least 4 members (excludes halogenated alkanes) is 2. The fourth-order valence-corrected chi connectivity index (χ4v) is 2.99. The Hall–Kier alpha value is -2.10. The van der Waals surface area contributed by atoms with Gasteiger partial charge in [0.15, 0.2) is 5.96 Å². The van der Waals surface area contributed by atoms with E-state index in [-0.39, 0.29) is 36.4 Å². The SMILES string of the molecule is CCCCCC(C)NC(=NCc1cccc(NC(=O)Cn2cccn2)c1)NCC.I. The average Bonchev–Trinajstić information content (AvgIpc) is 3.19. The molecular formula is C22H35IN6O. The molecule has 0 bridgehead atoms. The van der Waals surface area contributed by atoms with Crippen molar-refractivity contribution in [3.05, 3.63) is 48.3 Å². The van der Waals surface area contributed by atoms with Crippen molar-refractivity contribution in [2.75, 3.05) is 11.9 Å². The van der Waals surface area contributed by atoms with E-state index in [4.69, 9.17) is 4.99 Å². The summed E-state index contributed by atoms with van der Waals surface area (Å²) in [5.74, 6) is 0.717. The summed E-state index contributed by atoms with van der Waals surface area (Å²) in [7, 11) is 0. The van der Waals surface area contributed by atoms with E-state index in [1.54, 1.807) is 23.1 Å². The Balaban J connectivity index is 0.00000450. The Morgan fingerprint density at radius 3 is 2.77 bits per heavy atom. The summed E-state index contributed by atoms with van der Waals surface area (Å²) in [5.41, 5.74) is 1.80. The maximum atomic E-state index is 12.2. The molecule has 8 heteroatoms. The number of carbonyl (C=O) groups is 1. The number of carbonyl (C=O) groups excluding carboxylic acids is 1. The number of nitrogens with one attached hydrogen (secondary N) is 3. The van der Waals surface area contributed by atoms with Gasteiger partial charge in [-0.05, 0) is 44.0 Å². The van der Waals surface area contributed by atoms with E-state index in [1.807, 2.05) is 24.3 Å². The molecule has 1 atom stereocenters. The predicted octanol–water partition coefficient (Wildman–Crippen LogP) is 4.16. The first-order valence-corrected chi connectivity index (χ1v) is 10.5. The first-order valence-electron chi connectivity index (χ1n) is 10.5. The van der Waals surface area contributed by atoms with Gasteiger partial charge < -0.3 is 16.0 Å². The van der Waals surface area contributed by atoms with Crippen LogP contribution in [0.2, 0.25) is 0 Å². The van der Waals surface area contributed by atoms with E-state index >= 15 is 0 Å². The first kappa shape index (κ1) is 25.9. The lowest BCUT2D eigenvalue weighted by Gasteiger charge is -2.17. The molecule has 0 aliphatic heterocycles. The minimum absolute atomic E-state index is 0. The molecule has 3 N–H and O–H groups in total. The Bertz CT molecular complexity index is 763. The second-order valence-electron chi connectivity index (χ2n) is 7.19. The second-order valence-corrected chi connectivity index (χ2v) is 7.19. The number of hydrogen-bond acceptors (Lipinski definition) is 3. The number of amides is 1. The minimum atomic E-state index is -0.106. The number of nitrogens with zero attached hydrogens (tertiary/aromatic N) is 3. The maximum Gasteiger partial charge on any atom is 0.246 e. The maximum absolute atomic E-state index is 12.2. The predicted molar refractivity (Wildman–Crippen MR) is 134 cm³/mol. The normalized spacial score (nSPS) is 12.0. The Morgan fingerprint density at radius 1 is 1.23 bits per heavy atom. The van der Waals surface area contributed by atoms with Gasteiger partial charge in [0, 0.05) is 30.7 Å². The molecule has 0 radical (unpaired) electrons. The number of benzene rings is 1. The van der Waals surface area contributed by atoms with Gasteiger partial charge in [0.05, 0.1) is 6.54 Å². The van der Waals surface area contributed by atoms with E-state index in [2.05, 4.69) is 41.8 Å². The van der Waals surface area contributed by atoms with Crippen LogP contribution in [0.15, 0.2) is 47.7 Å². The van der Waals surface area contributed by atoms with E-state index < -0.39 is 0 Å². The third-order valence-electron chi connectivity index (χ3n) is 4.46. The molecular weight excluding hydrogens is 491 g/mol. The molecule has 1 aromatic carbocycles. The molecule has 2 aromatic rings. The number of hydrogen-bond donors (Lipinski definition) is 3. The van der Waals surface area contributed by atoms with E-state index in [1.165, 1.54) is 19.3 Å². The molecule has 1 heterocycles. The number of guanidine groups is 1. The zero-order chi connectivity index (χ0) is 20.9. The fourth-order valence-electron chi connectivity index (χ4n) is 2.99. The highest BCUT2D eigenvalue weighted by molar-refractivity contribution is 14.0. The average molecular weight is 526 g/mol. The molecule has 7 nitrogen and oxygen atoms in total. The lowest BCUT2D eigenvalue weighted by molar-refractivity contribution is -0.116. The van der Waals surface area contributed by atoms with Gasteiger partial charge in [-0.1, -0.05) is 38.3 Å². The third-order valence-corrected chi connectivity index (χ3v) is 4.46. The number of rotatable bonds is 11. The standard InChI is InChI=1S/C22H34N6O.HI/c1-4-6-7-10-18(3)26-22(23-5-2)24-16-19-11-8-12-20(15-19)27-21(29)17-28-14-9-13-25-28;/h8-9,11-15,18H,4-7,10,16-17H2,1-3H3,(H,27,29)(H2,23,24,26);1H. The highest BCUT2D eigenvalue weighted by atomic mass is 127. The van der Waals surface area contributed by atoms with Crippen LogP contribution in [0.1, 0.15) is 52.0 Å². The van der Waals surface area contributed by atoms with Crippen LogP contribution >= 0.6 is 24.0 Å². The highest BCUT2D eigenvalue weighted by Crippen LogP contribution is 2.12. The van der Waals surface area contributed by atoms with Crippen LogP contribution < -0.4 is 16.0 Å². The topological polar surface area (TPSA) is 83.3 Å². The molecule has 1 aromatic heterocycles. The quantitative estimate of drug-likeness (QED) is 0.178. The zero-order valence-corrected chi connectivity index (χ0v) is 20.6. The van der Waals surface area contributed by atoms with Crippen molar-refractivity contribution in [2.45, 2.75) is 65.6 Å². The van der Waals surface area contributed by atoms with Crippen LogP contribution in [0, 0.1) is 0 Å². The van der Waals surface area contributed by atoms with Crippen molar-refractivity contribution < 1.29 is 4.79 Å². The van der Waals surface area contributed by atoms with Crippen molar-refractivity contribution in [1.82, 2.24) is 20.4 Å². The van der Waals surface area contributed by atoms with Crippen LogP contribution in [0.25, 0.3) is 0 Å². The second kappa shape index (κ2) is 14.8. The van der Waals surface area contributed by atoms with Crippen LogP contribution in [-0.4, -0.2) is 34.2 Å². The number of anilines is 1. The molecule has 0 saturated carbocycles. The monoisotopic (exact) mass is 526 g/mol. The van der Waals surface area contributed by atoms with Gasteiger partial charge in [0.2, 0.25) is 5.91 Å². The molecule has 0 fully saturated rings. The summed E-state index contributed by atoms with van der Waals surface area (Å²) >= 11 is 0. The molecule has 1 unspecified atom stereocenters. The van der Waals surface area contributed by atoms with Gasteiger partial charge in [-0.15, -0.1) is 24.0 Å². The molecule has 2 rings (SSSR count). The number of halogens is 1. The molecule has 0 spiro atoms. The summed E-state index contributed by atoms with van der Waals surface area (Å²) in [6.07, 6.45) is 8.28. The van der Waals surface area contributed by atoms with Gasteiger partial charge in [0.1, 0.15) is 6.54 Å². The summed E-state index contributed by atoms with van der Waals surface area (Å²) in [6, 6.07) is 9.97. The molecule has 1 amide bonds. The number of aliphatic imine (C=N–C) groups is 1. The van der Waals surface area contributed by atoms with Gasteiger partial charge in [-0.25, -0.2) is 4.99 Å². The zero-order valence-electron chi connectivity index (χ0n) is 18.2. The minimum Gasteiger partial charge on any atom is -0.357 e. The summed E-state index contributed by atoms with van der Waals surface area (Å²) in [6.45, 7) is 8.03. The van der Waals surface area contributed by atoms with Crippen LogP contribution in [0.4, 0.5) is 5.69 Å². The first-order chi connectivity index (χ1) is 14.1. The van der Waals surface area contributed by atoms with Gasteiger partial charge in [0.25, 0.3) is 0 Å². The van der Waals surface area contributed by atoms with Crippen LogP contribution in [-0.2, 0) is 17.9 Å². The molecule has 166 valence electrons. The fraction of sp³-hybridized carbons (Fsp3) is 0.500. The van der Waals surface area contributed by atoms with E-state index in [0.717, 1.165) is 30.2 Å². The molecule has 30 heavy (non-hydrogen) atoms. The lowest BCUT2D eigenvalue weighted by atomic mass is 10.1. The van der Waals surface area contributed by atoms with Crippen LogP contribution in [0.3, 0.4) is 0 Å². The summed E-state index contributed by atoms with van der Waals surface area (Å²) in [5, 5.41) is 13.8. The molecule has 0 saturated heterocycles. The van der Waals surface area contributed by atoms with Gasteiger partial charge >= 0.3 is 0 Å². The number of aromatic nitrogens is 2. The Labute approximate surface area is 197 Å². The molecule has 0 aliphatic rings. The third kappa shape index (κ3) is 10.1. The van der Waals surface area contributed by atoms with E-state index in [0.29, 0.717) is 12.6 Å². The molecule has 0 aliphatic carbocycles. The summed E-state index contributed by atoms with van der Waals surface area (Å²) < 4.78 is 1.60.